The molecule has 1 aliphatic carbocycles. The van der Waals surface area contributed by atoms with Crippen LogP contribution in [0.5, 0.6) is 0 Å². The summed E-state index contributed by atoms with van der Waals surface area (Å²) in [6, 6.07) is 3.55. The van der Waals surface area contributed by atoms with Crippen LogP contribution < -0.4 is 4.72 Å². The quantitative estimate of drug-likeness (QED) is 0.735. The van der Waals surface area contributed by atoms with Crippen molar-refractivity contribution < 1.29 is 8.42 Å². The van der Waals surface area contributed by atoms with E-state index in [1.165, 1.54) is 6.42 Å². The van der Waals surface area contributed by atoms with Crippen LogP contribution in [0.1, 0.15) is 44.6 Å². The molecule has 0 bridgehead atoms. The van der Waals surface area contributed by atoms with Crippen molar-refractivity contribution >= 4 is 41.9 Å². The first kappa shape index (κ1) is 17.4. The predicted molar refractivity (Wildman–Crippen MR) is 92.9 cm³/mol. The van der Waals surface area contributed by atoms with Gasteiger partial charge in [-0.05, 0) is 72.2 Å². The molecule has 1 aromatic carbocycles. The maximum absolute atomic E-state index is 12.6. The third kappa shape index (κ3) is 4.30. The molecule has 0 aliphatic heterocycles. The van der Waals surface area contributed by atoms with E-state index in [1.54, 1.807) is 6.07 Å². The van der Waals surface area contributed by atoms with Crippen molar-refractivity contribution in [1.29, 1.82) is 0 Å². The smallest absolute Gasteiger partial charge is 0.208 e. The minimum absolute atomic E-state index is 0.0600. The van der Waals surface area contributed by atoms with E-state index in [0.29, 0.717) is 9.37 Å². The number of hydrogen-bond donors (Lipinski definition) is 1. The molecule has 0 amide bonds. The van der Waals surface area contributed by atoms with Gasteiger partial charge >= 0.3 is 0 Å². The van der Waals surface area contributed by atoms with Crippen LogP contribution in [0, 0.1) is 12.8 Å². The van der Waals surface area contributed by atoms with E-state index in [-0.39, 0.29) is 6.04 Å². The highest BCUT2D eigenvalue weighted by Crippen LogP contribution is 2.31. The lowest BCUT2D eigenvalue weighted by atomic mass is 9.85. The lowest BCUT2D eigenvalue weighted by molar-refractivity contribution is 0.306. The van der Waals surface area contributed by atoms with Gasteiger partial charge in [-0.2, -0.15) is 0 Å². The monoisotopic (exact) mass is 437 g/mol. The highest BCUT2D eigenvalue weighted by Gasteiger charge is 2.26. The molecule has 0 heterocycles. The average molecular weight is 439 g/mol. The van der Waals surface area contributed by atoms with Crippen molar-refractivity contribution in [2.75, 3.05) is 0 Å². The fourth-order valence-electron chi connectivity index (χ4n) is 2.81. The van der Waals surface area contributed by atoms with Gasteiger partial charge in [0, 0.05) is 15.0 Å². The molecule has 118 valence electrons. The Kier molecular flexibility index (Phi) is 5.91. The second-order valence-corrected chi connectivity index (χ2v) is 9.17. The number of aryl methyl sites for hydroxylation is 1. The summed E-state index contributed by atoms with van der Waals surface area (Å²) >= 11 is 6.76. The van der Waals surface area contributed by atoms with Gasteiger partial charge in [0.1, 0.15) is 0 Å². The molecule has 0 radical (unpaired) electrons. The molecule has 1 N–H and O–H groups in total. The molecular formula is C15H21Br2NO2S. The van der Waals surface area contributed by atoms with Crippen LogP contribution in [0.2, 0.25) is 0 Å². The maximum atomic E-state index is 12.6. The van der Waals surface area contributed by atoms with Crippen molar-refractivity contribution in [2.45, 2.75) is 56.9 Å². The highest BCUT2D eigenvalue weighted by atomic mass is 79.9. The van der Waals surface area contributed by atoms with Crippen LogP contribution in [0.3, 0.4) is 0 Å². The van der Waals surface area contributed by atoms with E-state index < -0.39 is 10.0 Å². The normalized spacial score (nSPS) is 23.2. The Morgan fingerprint density at radius 1 is 1.14 bits per heavy atom. The third-order valence-electron chi connectivity index (χ3n) is 4.25. The molecule has 21 heavy (non-hydrogen) atoms. The van der Waals surface area contributed by atoms with Gasteiger partial charge in [-0.25, -0.2) is 13.1 Å². The summed E-state index contributed by atoms with van der Waals surface area (Å²) in [6.07, 6.45) is 5.28. The van der Waals surface area contributed by atoms with E-state index >= 15 is 0 Å². The van der Waals surface area contributed by atoms with Crippen LogP contribution in [0.25, 0.3) is 0 Å². The topological polar surface area (TPSA) is 46.2 Å². The van der Waals surface area contributed by atoms with Gasteiger partial charge in [-0.3, -0.25) is 0 Å². The number of benzene rings is 1. The number of rotatable bonds is 4. The molecule has 1 aliphatic rings. The van der Waals surface area contributed by atoms with Gasteiger partial charge in [0.25, 0.3) is 0 Å². The van der Waals surface area contributed by atoms with Gasteiger partial charge in [-0.15, -0.1) is 0 Å². The first-order chi connectivity index (χ1) is 9.83. The van der Waals surface area contributed by atoms with E-state index in [1.807, 2.05) is 13.0 Å². The molecule has 0 saturated heterocycles. The zero-order valence-corrected chi connectivity index (χ0v) is 16.3. The second kappa shape index (κ2) is 7.11. The predicted octanol–water partition coefficient (Wildman–Crippen LogP) is 4.77. The molecule has 0 aromatic heterocycles. The lowest BCUT2D eigenvalue weighted by Gasteiger charge is -2.28. The first-order valence-corrected chi connectivity index (χ1v) is 10.4. The first-order valence-electron chi connectivity index (χ1n) is 7.31. The molecule has 0 spiro atoms. The molecule has 1 fully saturated rings. The van der Waals surface area contributed by atoms with Crippen LogP contribution in [-0.4, -0.2) is 14.5 Å². The molecule has 1 aromatic rings. The third-order valence-corrected chi connectivity index (χ3v) is 7.58. The van der Waals surface area contributed by atoms with E-state index in [0.717, 1.165) is 41.6 Å². The Bertz CT molecular complexity index is 608. The van der Waals surface area contributed by atoms with Crippen LogP contribution >= 0.6 is 31.9 Å². The number of nitrogens with one attached hydrogen (secondary N) is 1. The second-order valence-electron chi connectivity index (χ2n) is 5.78. The Hall–Kier alpha value is 0.0900. The van der Waals surface area contributed by atoms with Crippen molar-refractivity contribution in [3.8, 4) is 0 Å². The van der Waals surface area contributed by atoms with Crippen molar-refractivity contribution in [3.05, 3.63) is 26.6 Å². The fourth-order valence-corrected chi connectivity index (χ4v) is 5.79. The largest absolute Gasteiger partial charge is 0.241 e. The molecule has 3 nitrogen and oxygen atoms in total. The van der Waals surface area contributed by atoms with Crippen molar-refractivity contribution in [3.63, 3.8) is 0 Å². The van der Waals surface area contributed by atoms with E-state index in [9.17, 15) is 8.42 Å². The Labute approximate surface area is 144 Å². The summed E-state index contributed by atoms with van der Waals surface area (Å²) in [5.41, 5.74) is 1.00. The lowest BCUT2D eigenvalue weighted by Crippen LogP contribution is -2.37. The highest BCUT2D eigenvalue weighted by molar-refractivity contribution is 9.11. The van der Waals surface area contributed by atoms with Gasteiger partial charge in [0.05, 0.1) is 4.90 Å². The minimum Gasteiger partial charge on any atom is -0.208 e. The summed E-state index contributed by atoms with van der Waals surface area (Å²) in [7, 11) is -3.48. The summed E-state index contributed by atoms with van der Waals surface area (Å²) in [4.78, 5) is 0.303. The molecule has 2 rings (SSSR count). The summed E-state index contributed by atoms with van der Waals surface area (Å²) < 4.78 is 29.4. The molecule has 0 unspecified atom stereocenters. The summed E-state index contributed by atoms with van der Waals surface area (Å²) in [5, 5.41) is 0. The molecular weight excluding hydrogens is 418 g/mol. The average Bonchev–Trinajstić information content (AvgIpc) is 2.43. The van der Waals surface area contributed by atoms with Crippen molar-refractivity contribution in [2.24, 2.45) is 5.92 Å². The zero-order chi connectivity index (χ0) is 15.6. The SMILES string of the molecule is CCC1CCC(NS(=O)(=O)c2cc(Br)c(C)cc2Br)CC1. The Balaban J connectivity index is 2.14. The maximum Gasteiger partial charge on any atom is 0.241 e. The Morgan fingerprint density at radius 3 is 2.33 bits per heavy atom. The van der Waals surface area contributed by atoms with E-state index in [4.69, 9.17) is 0 Å². The van der Waals surface area contributed by atoms with E-state index in [2.05, 4.69) is 43.5 Å². The van der Waals surface area contributed by atoms with Crippen LogP contribution in [0.15, 0.2) is 26.0 Å². The van der Waals surface area contributed by atoms with Crippen molar-refractivity contribution in [1.82, 2.24) is 4.72 Å². The van der Waals surface area contributed by atoms with Gasteiger partial charge < -0.3 is 0 Å². The molecule has 1 saturated carbocycles. The number of halogens is 2. The standard InChI is InChI=1S/C15H21Br2NO2S/c1-3-11-4-6-12(7-5-11)18-21(19,20)15-9-13(16)10(2)8-14(15)17/h8-9,11-12,18H,3-7H2,1-2H3. The summed E-state index contributed by atoms with van der Waals surface area (Å²) in [5.74, 6) is 0.756. The van der Waals surface area contributed by atoms with Crippen LogP contribution in [0.4, 0.5) is 0 Å². The summed E-state index contributed by atoms with van der Waals surface area (Å²) in [6.45, 7) is 4.14. The van der Waals surface area contributed by atoms with Gasteiger partial charge in [-0.1, -0.05) is 29.3 Å². The van der Waals surface area contributed by atoms with Crippen LogP contribution in [-0.2, 0) is 10.0 Å². The number of hydrogen-bond acceptors (Lipinski definition) is 2. The zero-order valence-electron chi connectivity index (χ0n) is 12.3. The molecule has 0 atom stereocenters. The number of sulfonamides is 1. The van der Waals surface area contributed by atoms with Gasteiger partial charge in [0.2, 0.25) is 10.0 Å². The minimum atomic E-state index is -3.48. The molecule has 6 heteroatoms. The van der Waals surface area contributed by atoms with Gasteiger partial charge in [0.15, 0.2) is 0 Å². The Morgan fingerprint density at radius 2 is 1.76 bits per heavy atom. The fraction of sp³-hybridized carbons (Fsp3) is 0.600.